The minimum absolute atomic E-state index is 0.0399. The van der Waals surface area contributed by atoms with Crippen LogP contribution in [0.3, 0.4) is 0 Å². The van der Waals surface area contributed by atoms with Gasteiger partial charge in [0, 0.05) is 7.05 Å². The van der Waals surface area contributed by atoms with Crippen LogP contribution >= 0.6 is 0 Å². The zero-order valence-corrected chi connectivity index (χ0v) is 12.7. The fraction of sp³-hybridized carbons (Fsp3) is 0.562. The molecule has 1 amide bonds. The Morgan fingerprint density at radius 3 is 2.50 bits per heavy atom. The van der Waals surface area contributed by atoms with Crippen LogP contribution in [-0.2, 0) is 4.79 Å². The van der Waals surface area contributed by atoms with Gasteiger partial charge in [0.1, 0.15) is 11.9 Å². The third kappa shape index (κ3) is 3.12. The summed E-state index contributed by atoms with van der Waals surface area (Å²) in [4.78, 5) is 14.0. The second kappa shape index (κ2) is 6.27. The zero-order chi connectivity index (χ0) is 14.7. The SMILES string of the molecule is CCOc1ccc(C2NC(CC(C)C)C(=O)N2C)cc1. The van der Waals surface area contributed by atoms with E-state index in [9.17, 15) is 4.79 Å². The molecule has 2 unspecified atom stereocenters. The number of ether oxygens (including phenoxy) is 1. The first-order chi connectivity index (χ1) is 9.52. The van der Waals surface area contributed by atoms with Gasteiger partial charge in [-0.3, -0.25) is 10.1 Å². The zero-order valence-electron chi connectivity index (χ0n) is 12.7. The second-order valence-corrected chi connectivity index (χ2v) is 5.70. The predicted molar refractivity (Wildman–Crippen MR) is 79.5 cm³/mol. The van der Waals surface area contributed by atoms with Crippen LogP contribution in [0.1, 0.15) is 38.9 Å². The first-order valence-electron chi connectivity index (χ1n) is 7.28. The van der Waals surface area contributed by atoms with Gasteiger partial charge in [-0.05, 0) is 37.0 Å². The lowest BCUT2D eigenvalue weighted by molar-refractivity contribution is -0.129. The molecule has 20 heavy (non-hydrogen) atoms. The van der Waals surface area contributed by atoms with Crippen LogP contribution in [0.25, 0.3) is 0 Å². The monoisotopic (exact) mass is 276 g/mol. The number of nitrogens with zero attached hydrogens (tertiary/aromatic N) is 1. The van der Waals surface area contributed by atoms with E-state index in [2.05, 4.69) is 19.2 Å². The molecule has 1 aromatic carbocycles. The van der Waals surface area contributed by atoms with Crippen molar-refractivity contribution in [2.45, 2.75) is 39.4 Å². The number of hydrogen-bond donors (Lipinski definition) is 1. The number of amides is 1. The molecule has 1 aliphatic heterocycles. The summed E-state index contributed by atoms with van der Waals surface area (Å²) in [5.74, 6) is 1.54. The molecule has 0 spiro atoms. The first kappa shape index (κ1) is 14.9. The Balaban J connectivity index is 2.10. The van der Waals surface area contributed by atoms with E-state index in [0.29, 0.717) is 12.5 Å². The number of likely N-dealkylation sites (N-methyl/N-ethyl adjacent to an activating group) is 1. The quantitative estimate of drug-likeness (QED) is 0.898. The highest BCUT2D eigenvalue weighted by Gasteiger charge is 2.37. The van der Waals surface area contributed by atoms with Crippen LogP contribution in [0.2, 0.25) is 0 Å². The van der Waals surface area contributed by atoms with Crippen LogP contribution in [0.15, 0.2) is 24.3 Å². The van der Waals surface area contributed by atoms with Crippen molar-refractivity contribution < 1.29 is 9.53 Å². The van der Waals surface area contributed by atoms with Gasteiger partial charge in [0.15, 0.2) is 0 Å². The number of carbonyl (C=O) groups is 1. The van der Waals surface area contributed by atoms with Crippen LogP contribution in [0.5, 0.6) is 5.75 Å². The molecular weight excluding hydrogens is 252 g/mol. The van der Waals surface area contributed by atoms with Crippen molar-refractivity contribution in [2.75, 3.05) is 13.7 Å². The highest BCUT2D eigenvalue weighted by molar-refractivity contribution is 5.84. The van der Waals surface area contributed by atoms with Gasteiger partial charge in [-0.25, -0.2) is 0 Å². The molecule has 1 aliphatic rings. The summed E-state index contributed by atoms with van der Waals surface area (Å²) in [5.41, 5.74) is 1.09. The maximum Gasteiger partial charge on any atom is 0.241 e. The smallest absolute Gasteiger partial charge is 0.241 e. The molecule has 2 atom stereocenters. The Hall–Kier alpha value is -1.55. The number of nitrogens with one attached hydrogen (secondary N) is 1. The molecule has 4 heteroatoms. The molecule has 1 saturated heterocycles. The molecule has 0 aliphatic carbocycles. The van der Waals surface area contributed by atoms with Gasteiger partial charge in [0.25, 0.3) is 0 Å². The number of benzene rings is 1. The van der Waals surface area contributed by atoms with E-state index in [4.69, 9.17) is 4.74 Å². The van der Waals surface area contributed by atoms with Gasteiger partial charge < -0.3 is 9.64 Å². The standard InChI is InChI=1S/C16H24N2O2/c1-5-20-13-8-6-12(7-9-13)15-17-14(10-11(2)3)16(19)18(15)4/h6-9,11,14-15,17H,5,10H2,1-4H3. The highest BCUT2D eigenvalue weighted by atomic mass is 16.5. The number of rotatable bonds is 5. The van der Waals surface area contributed by atoms with E-state index >= 15 is 0 Å². The van der Waals surface area contributed by atoms with E-state index in [1.807, 2.05) is 38.2 Å². The van der Waals surface area contributed by atoms with E-state index in [-0.39, 0.29) is 18.1 Å². The summed E-state index contributed by atoms with van der Waals surface area (Å²) >= 11 is 0. The van der Waals surface area contributed by atoms with Crippen molar-refractivity contribution in [2.24, 2.45) is 5.92 Å². The summed E-state index contributed by atoms with van der Waals surface area (Å²) in [7, 11) is 1.86. The van der Waals surface area contributed by atoms with Gasteiger partial charge in [-0.1, -0.05) is 26.0 Å². The lowest BCUT2D eigenvalue weighted by Crippen LogP contribution is -2.30. The molecule has 1 N–H and O–H groups in total. The van der Waals surface area contributed by atoms with E-state index in [1.54, 1.807) is 4.90 Å². The molecule has 2 rings (SSSR count). The lowest BCUT2D eigenvalue weighted by Gasteiger charge is -2.20. The normalized spacial score (nSPS) is 22.6. The van der Waals surface area contributed by atoms with Crippen LogP contribution < -0.4 is 10.1 Å². The molecule has 0 bridgehead atoms. The molecule has 0 radical (unpaired) electrons. The van der Waals surface area contributed by atoms with Gasteiger partial charge in [-0.15, -0.1) is 0 Å². The Morgan fingerprint density at radius 2 is 1.95 bits per heavy atom. The summed E-state index contributed by atoms with van der Waals surface area (Å²) in [5, 5.41) is 3.43. The Kier molecular flexibility index (Phi) is 4.65. The van der Waals surface area contributed by atoms with E-state index < -0.39 is 0 Å². The van der Waals surface area contributed by atoms with Crippen molar-refractivity contribution in [1.29, 1.82) is 0 Å². The minimum Gasteiger partial charge on any atom is -0.494 e. The summed E-state index contributed by atoms with van der Waals surface area (Å²) in [6.45, 7) is 6.91. The lowest BCUT2D eigenvalue weighted by atomic mass is 10.0. The molecule has 4 nitrogen and oxygen atoms in total. The predicted octanol–water partition coefficient (Wildman–Crippen LogP) is 2.56. The van der Waals surface area contributed by atoms with Crippen molar-refractivity contribution in [3.8, 4) is 5.75 Å². The molecular formula is C16H24N2O2. The van der Waals surface area contributed by atoms with E-state index in [1.165, 1.54) is 0 Å². The summed E-state index contributed by atoms with van der Waals surface area (Å²) in [6, 6.07) is 7.87. The Morgan fingerprint density at radius 1 is 1.30 bits per heavy atom. The average molecular weight is 276 g/mol. The average Bonchev–Trinajstić information content (AvgIpc) is 2.68. The second-order valence-electron chi connectivity index (χ2n) is 5.70. The molecule has 110 valence electrons. The van der Waals surface area contributed by atoms with Gasteiger partial charge in [-0.2, -0.15) is 0 Å². The minimum atomic E-state index is -0.0726. The van der Waals surface area contributed by atoms with Crippen LogP contribution in [0.4, 0.5) is 0 Å². The maximum absolute atomic E-state index is 12.2. The summed E-state index contributed by atoms with van der Waals surface area (Å²) in [6.07, 6.45) is 0.832. The van der Waals surface area contributed by atoms with E-state index in [0.717, 1.165) is 17.7 Å². The van der Waals surface area contributed by atoms with Gasteiger partial charge in [0.05, 0.1) is 12.6 Å². The fourth-order valence-corrected chi connectivity index (χ4v) is 2.62. The van der Waals surface area contributed by atoms with Gasteiger partial charge in [0.2, 0.25) is 5.91 Å². The molecule has 1 aromatic rings. The number of hydrogen-bond acceptors (Lipinski definition) is 3. The molecule has 1 fully saturated rings. The molecule has 1 heterocycles. The Labute approximate surface area is 121 Å². The number of carbonyl (C=O) groups excluding carboxylic acids is 1. The maximum atomic E-state index is 12.2. The third-order valence-corrected chi connectivity index (χ3v) is 3.61. The Bertz CT molecular complexity index is 456. The van der Waals surface area contributed by atoms with Crippen LogP contribution in [-0.4, -0.2) is 30.5 Å². The van der Waals surface area contributed by atoms with Crippen molar-refractivity contribution in [1.82, 2.24) is 10.2 Å². The van der Waals surface area contributed by atoms with Crippen molar-refractivity contribution in [3.05, 3.63) is 29.8 Å². The highest BCUT2D eigenvalue weighted by Crippen LogP contribution is 2.27. The largest absolute Gasteiger partial charge is 0.494 e. The molecule has 0 saturated carbocycles. The third-order valence-electron chi connectivity index (χ3n) is 3.61. The van der Waals surface area contributed by atoms with Crippen molar-refractivity contribution in [3.63, 3.8) is 0 Å². The van der Waals surface area contributed by atoms with Crippen LogP contribution in [0, 0.1) is 5.92 Å². The van der Waals surface area contributed by atoms with Crippen molar-refractivity contribution >= 4 is 5.91 Å². The topological polar surface area (TPSA) is 41.6 Å². The summed E-state index contributed by atoms with van der Waals surface area (Å²) < 4.78 is 5.44. The van der Waals surface area contributed by atoms with Gasteiger partial charge >= 0.3 is 0 Å². The first-order valence-corrected chi connectivity index (χ1v) is 7.28. The molecule has 0 aromatic heterocycles. The fourth-order valence-electron chi connectivity index (χ4n) is 2.62.